The fourth-order valence-corrected chi connectivity index (χ4v) is 2.39. The van der Waals surface area contributed by atoms with Gasteiger partial charge in [-0.2, -0.15) is 0 Å². The summed E-state index contributed by atoms with van der Waals surface area (Å²) in [5.74, 6) is 0.581. The van der Waals surface area contributed by atoms with Crippen LogP contribution in [-0.4, -0.2) is 0 Å². The molecule has 0 amide bonds. The van der Waals surface area contributed by atoms with E-state index in [1.165, 1.54) is 11.8 Å². The molecule has 90 valence electrons. The average molecular weight is 288 g/mol. The number of aromatic nitrogens is 1. The maximum atomic E-state index is 5.89. The number of aromatic amines is 1. The summed E-state index contributed by atoms with van der Waals surface area (Å²) in [7, 11) is 0. The van der Waals surface area contributed by atoms with Crippen molar-refractivity contribution in [2.24, 2.45) is 0 Å². The van der Waals surface area contributed by atoms with Crippen molar-refractivity contribution in [2.75, 3.05) is 11.5 Å². The van der Waals surface area contributed by atoms with Gasteiger partial charge in [0.25, 0.3) is 5.82 Å². The van der Waals surface area contributed by atoms with Crippen LogP contribution >= 0.6 is 23.4 Å². The van der Waals surface area contributed by atoms with Gasteiger partial charge < -0.3 is 18.1 Å². The van der Waals surface area contributed by atoms with Gasteiger partial charge in [0.15, 0.2) is 0 Å². The van der Waals surface area contributed by atoms with Gasteiger partial charge in [-0.25, -0.2) is 4.98 Å². The number of para-hydroxylation sites is 1. The highest BCUT2D eigenvalue weighted by atomic mass is 35.5. The van der Waals surface area contributed by atoms with E-state index in [9.17, 15) is 0 Å². The molecule has 0 saturated heterocycles. The maximum absolute atomic E-state index is 5.89. The van der Waals surface area contributed by atoms with E-state index in [1.54, 1.807) is 6.20 Å². The Morgan fingerprint density at radius 3 is 2.53 bits per heavy atom. The molecule has 0 fully saturated rings. The third-order valence-electron chi connectivity index (χ3n) is 2.04. The quantitative estimate of drug-likeness (QED) is 0.730. The van der Waals surface area contributed by atoms with E-state index in [0.717, 1.165) is 15.5 Å². The van der Waals surface area contributed by atoms with Crippen LogP contribution in [0, 0.1) is 0 Å². The second-order valence-corrected chi connectivity index (χ2v) is 4.76. The number of H-pyrrole nitrogens is 1. The van der Waals surface area contributed by atoms with E-state index in [0.29, 0.717) is 10.8 Å². The summed E-state index contributed by atoms with van der Waals surface area (Å²) in [5.41, 5.74) is 12.4. The third kappa shape index (κ3) is 3.43. The van der Waals surface area contributed by atoms with Gasteiger partial charge >= 0.3 is 0 Å². The van der Waals surface area contributed by atoms with E-state index in [-0.39, 0.29) is 12.4 Å². The summed E-state index contributed by atoms with van der Waals surface area (Å²) in [6.45, 7) is 0. The summed E-state index contributed by atoms with van der Waals surface area (Å²) < 4.78 is 0. The minimum atomic E-state index is 0. The number of hydrogen-bond acceptors (Lipinski definition) is 3. The molecular formula is C11H11Cl2N3S. The van der Waals surface area contributed by atoms with Gasteiger partial charge in [-0.05, 0) is 18.2 Å². The molecule has 5 N–H and O–H groups in total. The molecule has 0 spiro atoms. The molecule has 2 aromatic rings. The van der Waals surface area contributed by atoms with Crippen molar-refractivity contribution in [1.82, 2.24) is 0 Å². The topological polar surface area (TPSA) is 66.2 Å². The fourth-order valence-electron chi connectivity index (χ4n) is 1.24. The lowest BCUT2D eigenvalue weighted by molar-refractivity contribution is -0.362. The Morgan fingerprint density at radius 2 is 1.82 bits per heavy atom. The highest BCUT2D eigenvalue weighted by molar-refractivity contribution is 7.99. The van der Waals surface area contributed by atoms with E-state index in [2.05, 4.69) is 4.98 Å². The predicted octanol–water partition coefficient (Wildman–Crippen LogP) is -0.526. The molecule has 0 bridgehead atoms. The van der Waals surface area contributed by atoms with E-state index in [4.69, 9.17) is 23.1 Å². The number of pyridine rings is 1. The molecule has 0 saturated carbocycles. The summed E-state index contributed by atoms with van der Waals surface area (Å²) in [6.07, 6.45) is 1.65. The monoisotopic (exact) mass is 287 g/mol. The predicted molar refractivity (Wildman–Crippen MR) is 67.4 cm³/mol. The molecule has 0 radical (unpaired) electrons. The SMILES string of the molecule is Nc1ccccc1Sc1cc(Cl)c[nH+]c1N.[Cl-]. The number of anilines is 2. The first-order valence-electron chi connectivity index (χ1n) is 4.66. The number of rotatable bonds is 2. The highest BCUT2D eigenvalue weighted by Crippen LogP contribution is 2.34. The molecule has 1 heterocycles. The van der Waals surface area contributed by atoms with Crippen LogP contribution in [0.4, 0.5) is 11.5 Å². The van der Waals surface area contributed by atoms with Gasteiger partial charge in [-0.1, -0.05) is 35.5 Å². The number of halogens is 2. The standard InChI is InChI=1S/C11H10ClN3S.ClH/c12-7-5-10(11(14)15-6-7)16-9-4-2-1-3-8(9)13;/h1-6H,13H2,(H2,14,15);1H. The first kappa shape index (κ1) is 14.0. The number of nitrogen functional groups attached to an aromatic ring is 2. The average Bonchev–Trinajstić information content (AvgIpc) is 2.27. The van der Waals surface area contributed by atoms with E-state index < -0.39 is 0 Å². The van der Waals surface area contributed by atoms with Gasteiger partial charge in [-0.15, -0.1) is 0 Å². The number of hydrogen-bond donors (Lipinski definition) is 2. The van der Waals surface area contributed by atoms with E-state index >= 15 is 0 Å². The number of nitrogens with one attached hydrogen (secondary N) is 1. The lowest BCUT2D eigenvalue weighted by Gasteiger charge is -2.04. The molecule has 6 heteroatoms. The Labute approximate surface area is 115 Å². The molecular weight excluding hydrogens is 277 g/mol. The molecule has 0 unspecified atom stereocenters. The smallest absolute Gasteiger partial charge is 0.284 e. The molecule has 0 aliphatic heterocycles. The van der Waals surface area contributed by atoms with Crippen LogP contribution in [0.2, 0.25) is 5.02 Å². The van der Waals surface area contributed by atoms with Gasteiger partial charge in [-0.3, -0.25) is 5.73 Å². The Morgan fingerprint density at radius 1 is 1.12 bits per heavy atom. The third-order valence-corrected chi connectivity index (χ3v) is 3.41. The van der Waals surface area contributed by atoms with Crippen LogP contribution in [0.25, 0.3) is 0 Å². The Kier molecular flexibility index (Phi) is 4.93. The zero-order valence-corrected chi connectivity index (χ0v) is 11.1. The Bertz CT molecular complexity index is 520. The Hall–Kier alpha value is -1.10. The van der Waals surface area contributed by atoms with Gasteiger partial charge in [0.1, 0.15) is 11.1 Å². The van der Waals surface area contributed by atoms with Crippen molar-refractivity contribution in [3.05, 3.63) is 41.6 Å². The lowest BCUT2D eigenvalue weighted by atomic mass is 10.3. The van der Waals surface area contributed by atoms with Crippen molar-refractivity contribution in [3.8, 4) is 0 Å². The van der Waals surface area contributed by atoms with Crippen molar-refractivity contribution >= 4 is 34.9 Å². The first-order chi connectivity index (χ1) is 7.66. The second-order valence-electron chi connectivity index (χ2n) is 3.24. The first-order valence-corrected chi connectivity index (χ1v) is 5.85. The van der Waals surface area contributed by atoms with E-state index in [1.807, 2.05) is 30.3 Å². The van der Waals surface area contributed by atoms with Gasteiger partial charge in [0, 0.05) is 10.6 Å². The van der Waals surface area contributed by atoms with Crippen molar-refractivity contribution in [2.45, 2.75) is 9.79 Å². The van der Waals surface area contributed by atoms with Crippen LogP contribution < -0.4 is 28.9 Å². The van der Waals surface area contributed by atoms with Crippen LogP contribution in [0.1, 0.15) is 0 Å². The van der Waals surface area contributed by atoms with Crippen LogP contribution in [0.3, 0.4) is 0 Å². The fraction of sp³-hybridized carbons (Fsp3) is 0. The molecule has 17 heavy (non-hydrogen) atoms. The minimum Gasteiger partial charge on any atom is -1.00 e. The van der Waals surface area contributed by atoms with Crippen molar-refractivity contribution in [1.29, 1.82) is 0 Å². The summed E-state index contributed by atoms with van der Waals surface area (Å²) in [4.78, 5) is 4.72. The van der Waals surface area contributed by atoms with Crippen LogP contribution in [0.15, 0.2) is 46.3 Å². The molecule has 0 aliphatic carbocycles. The largest absolute Gasteiger partial charge is 1.00 e. The zero-order chi connectivity index (χ0) is 11.5. The summed E-state index contributed by atoms with van der Waals surface area (Å²) in [5, 5.41) is 0.617. The molecule has 1 aromatic carbocycles. The minimum absolute atomic E-state index is 0. The van der Waals surface area contributed by atoms with Gasteiger partial charge in [0.2, 0.25) is 0 Å². The molecule has 0 aliphatic rings. The van der Waals surface area contributed by atoms with Crippen LogP contribution in [0.5, 0.6) is 0 Å². The summed E-state index contributed by atoms with van der Waals surface area (Å²) >= 11 is 7.38. The zero-order valence-electron chi connectivity index (χ0n) is 8.78. The number of nitrogens with two attached hydrogens (primary N) is 2. The molecule has 0 atom stereocenters. The summed E-state index contributed by atoms with van der Waals surface area (Å²) in [6, 6.07) is 9.44. The lowest BCUT2D eigenvalue weighted by Crippen LogP contribution is -3.00. The molecule has 2 rings (SSSR count). The molecule has 1 aromatic heterocycles. The van der Waals surface area contributed by atoms with Crippen molar-refractivity contribution < 1.29 is 17.4 Å². The Balaban J connectivity index is 0.00000144. The number of benzene rings is 1. The second kappa shape index (κ2) is 6.00. The highest BCUT2D eigenvalue weighted by Gasteiger charge is 2.09. The molecule has 3 nitrogen and oxygen atoms in total. The van der Waals surface area contributed by atoms with Crippen molar-refractivity contribution in [3.63, 3.8) is 0 Å². The maximum Gasteiger partial charge on any atom is 0.284 e. The van der Waals surface area contributed by atoms with Crippen LogP contribution in [-0.2, 0) is 0 Å². The normalized spacial score (nSPS) is 9.71. The van der Waals surface area contributed by atoms with Gasteiger partial charge in [0.05, 0.1) is 5.02 Å².